The van der Waals surface area contributed by atoms with E-state index in [-0.39, 0.29) is 5.41 Å². The molecule has 0 aromatic heterocycles. The molecule has 4 nitrogen and oxygen atoms in total. The predicted octanol–water partition coefficient (Wildman–Crippen LogP) is 5.67. The number of anilines is 1. The molecule has 2 atom stereocenters. The highest BCUT2D eigenvalue weighted by molar-refractivity contribution is 7.92. The Bertz CT molecular complexity index is 914. The minimum atomic E-state index is -3.61. The number of para-hydroxylation sites is 1. The second-order valence-electron chi connectivity index (χ2n) is 8.89. The molecule has 1 heterocycles. The second-order valence-corrected chi connectivity index (χ2v) is 10.6. The zero-order valence-electron chi connectivity index (χ0n) is 18.6. The van der Waals surface area contributed by atoms with E-state index in [1.165, 1.54) is 32.2 Å². The van der Waals surface area contributed by atoms with Gasteiger partial charge in [-0.2, -0.15) is 0 Å². The average Bonchev–Trinajstić information content (AvgIpc) is 2.74. The first-order valence-electron chi connectivity index (χ1n) is 11.3. The Morgan fingerprint density at radius 3 is 2.43 bits per heavy atom. The van der Waals surface area contributed by atoms with Crippen LogP contribution in [0.1, 0.15) is 58.4 Å². The van der Waals surface area contributed by atoms with Crippen LogP contribution in [0.25, 0.3) is 0 Å². The molecule has 1 saturated heterocycles. The van der Waals surface area contributed by atoms with E-state index in [1.54, 1.807) is 24.3 Å². The van der Waals surface area contributed by atoms with Crippen molar-refractivity contribution in [2.24, 2.45) is 5.92 Å². The van der Waals surface area contributed by atoms with Gasteiger partial charge in [0.1, 0.15) is 0 Å². The van der Waals surface area contributed by atoms with Crippen molar-refractivity contribution in [1.82, 2.24) is 4.90 Å². The monoisotopic (exact) mass is 428 g/mol. The van der Waals surface area contributed by atoms with Crippen molar-refractivity contribution in [3.63, 3.8) is 0 Å². The number of nitrogens with zero attached hydrogens (tertiary/aromatic N) is 1. The molecule has 0 amide bonds. The normalized spacial score (nSPS) is 22.7. The molecule has 1 N–H and O–H groups in total. The van der Waals surface area contributed by atoms with Gasteiger partial charge in [0.05, 0.1) is 10.6 Å². The molecule has 0 saturated carbocycles. The third kappa shape index (κ3) is 5.25. The quantitative estimate of drug-likeness (QED) is 0.524. The standard InChI is InChI=1S/C25H36N2O2S/c1-4-5-6-12-18-27-19-17-25(3,21(2)20-27)23-15-10-11-16-24(23)26-30(28,29)22-13-8-7-9-14-22/h7-11,13-16,21,26H,4-6,12,17-20H2,1-3H3. The van der Waals surface area contributed by atoms with Gasteiger partial charge in [-0.25, -0.2) is 8.42 Å². The van der Waals surface area contributed by atoms with Crippen molar-refractivity contribution >= 4 is 15.7 Å². The molecule has 0 radical (unpaired) electrons. The lowest BCUT2D eigenvalue weighted by atomic mass is 9.67. The molecule has 2 aromatic rings. The number of benzene rings is 2. The number of sulfonamides is 1. The van der Waals surface area contributed by atoms with Crippen molar-refractivity contribution in [3.8, 4) is 0 Å². The Labute approximate surface area is 182 Å². The van der Waals surface area contributed by atoms with Crippen LogP contribution in [-0.2, 0) is 15.4 Å². The maximum absolute atomic E-state index is 12.9. The molecule has 5 heteroatoms. The van der Waals surface area contributed by atoms with Gasteiger partial charge in [-0.1, -0.05) is 76.4 Å². The lowest BCUT2D eigenvalue weighted by Gasteiger charge is -2.45. The van der Waals surface area contributed by atoms with E-state index in [0.29, 0.717) is 16.5 Å². The third-order valence-electron chi connectivity index (χ3n) is 6.74. The Morgan fingerprint density at radius 2 is 1.73 bits per heavy atom. The van der Waals surface area contributed by atoms with Gasteiger partial charge in [0.2, 0.25) is 0 Å². The molecule has 164 valence electrons. The van der Waals surface area contributed by atoms with Crippen LogP contribution < -0.4 is 4.72 Å². The number of hydrogen-bond acceptors (Lipinski definition) is 3. The maximum atomic E-state index is 12.9. The summed E-state index contributed by atoms with van der Waals surface area (Å²) in [7, 11) is -3.61. The SMILES string of the molecule is CCCCCCN1CCC(C)(c2ccccc2NS(=O)(=O)c2ccccc2)C(C)C1. The lowest BCUT2D eigenvalue weighted by molar-refractivity contribution is 0.110. The van der Waals surface area contributed by atoms with Gasteiger partial charge in [0, 0.05) is 6.54 Å². The molecular weight excluding hydrogens is 392 g/mol. The van der Waals surface area contributed by atoms with Crippen LogP contribution in [0, 0.1) is 5.92 Å². The number of unbranched alkanes of at least 4 members (excludes halogenated alkanes) is 3. The van der Waals surface area contributed by atoms with Crippen molar-refractivity contribution in [3.05, 3.63) is 60.2 Å². The first-order valence-corrected chi connectivity index (χ1v) is 12.7. The average molecular weight is 429 g/mol. The summed E-state index contributed by atoms with van der Waals surface area (Å²) in [4.78, 5) is 2.87. The molecule has 0 aliphatic carbocycles. The number of piperidine rings is 1. The zero-order valence-corrected chi connectivity index (χ0v) is 19.4. The lowest BCUT2D eigenvalue weighted by Crippen LogP contribution is -2.47. The van der Waals surface area contributed by atoms with Crippen molar-refractivity contribution in [2.75, 3.05) is 24.4 Å². The third-order valence-corrected chi connectivity index (χ3v) is 8.12. The smallest absolute Gasteiger partial charge is 0.261 e. The molecule has 1 fully saturated rings. The fraction of sp³-hybridized carbons (Fsp3) is 0.520. The van der Waals surface area contributed by atoms with E-state index < -0.39 is 10.0 Å². The molecule has 1 aliphatic heterocycles. The topological polar surface area (TPSA) is 49.4 Å². The van der Waals surface area contributed by atoms with E-state index >= 15 is 0 Å². The van der Waals surface area contributed by atoms with Gasteiger partial charge >= 0.3 is 0 Å². The molecule has 30 heavy (non-hydrogen) atoms. The largest absolute Gasteiger partial charge is 0.303 e. The van der Waals surface area contributed by atoms with Gasteiger partial charge in [0.25, 0.3) is 10.0 Å². The predicted molar refractivity (Wildman–Crippen MR) is 125 cm³/mol. The molecule has 2 aromatic carbocycles. The Kier molecular flexibility index (Phi) is 7.59. The first kappa shape index (κ1) is 22.8. The molecular formula is C25H36N2O2S. The summed E-state index contributed by atoms with van der Waals surface area (Å²) in [6, 6.07) is 16.5. The van der Waals surface area contributed by atoms with Crippen LogP contribution in [0.3, 0.4) is 0 Å². The van der Waals surface area contributed by atoms with Crippen LogP contribution in [0.2, 0.25) is 0 Å². The van der Waals surface area contributed by atoms with Crippen molar-refractivity contribution in [1.29, 1.82) is 0 Å². The van der Waals surface area contributed by atoms with Gasteiger partial charge in [-0.05, 0) is 61.0 Å². The number of rotatable bonds is 9. The number of nitrogens with one attached hydrogen (secondary N) is 1. The van der Waals surface area contributed by atoms with E-state index in [2.05, 4.69) is 36.5 Å². The van der Waals surface area contributed by atoms with E-state index in [0.717, 1.165) is 25.1 Å². The van der Waals surface area contributed by atoms with Crippen molar-refractivity contribution in [2.45, 2.75) is 63.2 Å². The van der Waals surface area contributed by atoms with Crippen LogP contribution >= 0.6 is 0 Å². The summed E-state index contributed by atoms with van der Waals surface area (Å²) in [5.74, 6) is 0.444. The van der Waals surface area contributed by atoms with E-state index in [4.69, 9.17) is 0 Å². The summed E-state index contributed by atoms with van der Waals surface area (Å²) in [5.41, 5.74) is 1.74. The molecule has 1 aliphatic rings. The van der Waals surface area contributed by atoms with Gasteiger partial charge in [0.15, 0.2) is 0 Å². The van der Waals surface area contributed by atoms with Crippen LogP contribution in [0.4, 0.5) is 5.69 Å². The second kappa shape index (κ2) is 9.97. The first-order chi connectivity index (χ1) is 14.4. The minimum absolute atomic E-state index is 0.0598. The van der Waals surface area contributed by atoms with E-state index in [1.807, 2.05) is 24.3 Å². The highest BCUT2D eigenvalue weighted by Crippen LogP contribution is 2.43. The summed E-state index contributed by atoms with van der Waals surface area (Å²) >= 11 is 0. The van der Waals surface area contributed by atoms with Crippen LogP contribution in [0.15, 0.2) is 59.5 Å². The fourth-order valence-corrected chi connectivity index (χ4v) is 5.66. The highest BCUT2D eigenvalue weighted by atomic mass is 32.2. The van der Waals surface area contributed by atoms with Gasteiger partial charge < -0.3 is 4.90 Å². The number of likely N-dealkylation sites (tertiary alicyclic amines) is 1. The molecule has 3 rings (SSSR count). The van der Waals surface area contributed by atoms with Gasteiger partial charge in [-0.15, -0.1) is 0 Å². The van der Waals surface area contributed by atoms with Crippen molar-refractivity contribution < 1.29 is 8.42 Å². The maximum Gasteiger partial charge on any atom is 0.261 e. The molecule has 0 spiro atoms. The Hall–Kier alpha value is -1.85. The number of hydrogen-bond donors (Lipinski definition) is 1. The minimum Gasteiger partial charge on any atom is -0.303 e. The molecule has 0 bridgehead atoms. The van der Waals surface area contributed by atoms with Gasteiger partial charge in [-0.3, -0.25) is 4.72 Å². The Morgan fingerprint density at radius 1 is 1.03 bits per heavy atom. The highest BCUT2D eigenvalue weighted by Gasteiger charge is 2.39. The summed E-state index contributed by atoms with van der Waals surface area (Å²) in [5, 5.41) is 0. The fourth-order valence-electron chi connectivity index (χ4n) is 4.56. The Balaban J connectivity index is 1.77. The zero-order chi connectivity index (χ0) is 21.6. The summed E-state index contributed by atoms with van der Waals surface area (Å²) < 4.78 is 28.7. The molecule has 2 unspecified atom stereocenters. The summed E-state index contributed by atoms with van der Waals surface area (Å²) in [6.07, 6.45) is 6.19. The van der Waals surface area contributed by atoms with E-state index in [9.17, 15) is 8.42 Å². The van der Waals surface area contributed by atoms with Crippen LogP contribution in [0.5, 0.6) is 0 Å². The summed E-state index contributed by atoms with van der Waals surface area (Å²) in [6.45, 7) is 10.1. The van der Waals surface area contributed by atoms with Crippen LogP contribution in [-0.4, -0.2) is 33.0 Å².